The van der Waals surface area contributed by atoms with Crippen molar-refractivity contribution in [1.82, 2.24) is 4.98 Å². The van der Waals surface area contributed by atoms with E-state index in [1.165, 1.54) is 0 Å². The number of aromatic nitrogens is 1. The highest BCUT2D eigenvalue weighted by atomic mass is 35.5. The lowest BCUT2D eigenvalue weighted by atomic mass is 10.1. The van der Waals surface area contributed by atoms with Crippen molar-refractivity contribution in [2.75, 3.05) is 5.73 Å². The summed E-state index contributed by atoms with van der Waals surface area (Å²) in [6.45, 7) is 1.95. The van der Waals surface area contributed by atoms with Gasteiger partial charge in [-0.05, 0) is 31.4 Å². The van der Waals surface area contributed by atoms with Gasteiger partial charge in [-0.2, -0.15) is 0 Å². The molecule has 0 aliphatic rings. The number of aryl methyl sites for hydroxylation is 1. The molecule has 0 saturated heterocycles. The van der Waals surface area contributed by atoms with E-state index in [2.05, 4.69) is 4.98 Å². The summed E-state index contributed by atoms with van der Waals surface area (Å²) >= 11 is 11.6. The van der Waals surface area contributed by atoms with E-state index in [0.29, 0.717) is 10.8 Å². The summed E-state index contributed by atoms with van der Waals surface area (Å²) in [7, 11) is 0. The lowest BCUT2D eigenvalue weighted by Gasteiger charge is -2.05. The molecule has 0 fully saturated rings. The van der Waals surface area contributed by atoms with Crippen LogP contribution < -0.4 is 5.73 Å². The van der Waals surface area contributed by atoms with Crippen LogP contribution in [0, 0.1) is 0 Å². The van der Waals surface area contributed by atoms with Crippen LogP contribution in [0.2, 0.25) is 5.02 Å². The number of hydrogen-bond acceptors (Lipinski definition) is 2. The first-order chi connectivity index (χ1) is 6.09. The number of rotatable bonds is 3. The Morgan fingerprint density at radius 2 is 2.31 bits per heavy atom. The smallest absolute Gasteiger partial charge is 0.126 e. The van der Waals surface area contributed by atoms with Crippen LogP contribution in [0.25, 0.3) is 0 Å². The highest BCUT2D eigenvalue weighted by Gasteiger charge is 2.03. The highest BCUT2D eigenvalue weighted by molar-refractivity contribution is 6.30. The van der Waals surface area contributed by atoms with Crippen LogP contribution in [0.4, 0.5) is 5.82 Å². The van der Waals surface area contributed by atoms with E-state index < -0.39 is 0 Å². The van der Waals surface area contributed by atoms with Crippen LogP contribution in [-0.2, 0) is 6.42 Å². The summed E-state index contributed by atoms with van der Waals surface area (Å²) in [6.07, 6.45) is 3.25. The molecule has 1 atom stereocenters. The summed E-state index contributed by atoms with van der Waals surface area (Å²) in [6, 6.07) is 1.84. The molecule has 1 heterocycles. The second-order valence-corrected chi connectivity index (χ2v) is 4.20. The Kier molecular flexibility index (Phi) is 3.82. The molecule has 2 nitrogen and oxygen atoms in total. The lowest BCUT2D eigenvalue weighted by Crippen LogP contribution is -2.00. The first-order valence-corrected chi connectivity index (χ1v) is 4.95. The van der Waals surface area contributed by atoms with E-state index in [1.54, 1.807) is 6.20 Å². The van der Waals surface area contributed by atoms with Gasteiger partial charge < -0.3 is 5.73 Å². The van der Waals surface area contributed by atoms with Crippen molar-refractivity contribution in [2.45, 2.75) is 25.1 Å². The molecule has 1 rings (SSSR count). The molecule has 1 aromatic rings. The van der Waals surface area contributed by atoms with Gasteiger partial charge in [0.25, 0.3) is 0 Å². The van der Waals surface area contributed by atoms with Crippen LogP contribution in [0.5, 0.6) is 0 Å². The van der Waals surface area contributed by atoms with Gasteiger partial charge >= 0.3 is 0 Å². The Hall–Kier alpha value is -0.470. The van der Waals surface area contributed by atoms with E-state index in [-0.39, 0.29) is 5.38 Å². The van der Waals surface area contributed by atoms with Crippen molar-refractivity contribution >= 4 is 29.0 Å². The van der Waals surface area contributed by atoms with E-state index in [4.69, 9.17) is 28.9 Å². The average Bonchev–Trinajstić information content (AvgIpc) is 2.06. The van der Waals surface area contributed by atoms with E-state index in [1.807, 2.05) is 13.0 Å². The van der Waals surface area contributed by atoms with E-state index in [0.717, 1.165) is 18.4 Å². The standard InChI is InChI=1S/C9H12Cl2N2/c1-6(10)2-3-7-4-8(11)5-13-9(7)12/h4-6H,2-3H2,1H3,(H2,12,13). The third-order valence-electron chi connectivity index (χ3n) is 1.78. The fourth-order valence-electron chi connectivity index (χ4n) is 1.05. The number of nitrogens with two attached hydrogens (primary N) is 1. The first-order valence-electron chi connectivity index (χ1n) is 4.13. The number of halogens is 2. The lowest BCUT2D eigenvalue weighted by molar-refractivity contribution is 0.802. The maximum Gasteiger partial charge on any atom is 0.126 e. The summed E-state index contributed by atoms with van der Waals surface area (Å²) in [5, 5.41) is 0.768. The van der Waals surface area contributed by atoms with Gasteiger partial charge in [0.1, 0.15) is 5.82 Å². The van der Waals surface area contributed by atoms with E-state index in [9.17, 15) is 0 Å². The maximum atomic E-state index is 5.83. The second kappa shape index (κ2) is 4.68. The molecule has 0 aliphatic heterocycles. The monoisotopic (exact) mass is 218 g/mol. The fraction of sp³-hybridized carbons (Fsp3) is 0.444. The van der Waals surface area contributed by atoms with Crippen molar-refractivity contribution in [1.29, 1.82) is 0 Å². The molecule has 2 N–H and O–H groups in total. The molecule has 1 aromatic heterocycles. The predicted molar refractivity (Wildman–Crippen MR) is 57.3 cm³/mol. The van der Waals surface area contributed by atoms with Crippen molar-refractivity contribution in [3.63, 3.8) is 0 Å². The largest absolute Gasteiger partial charge is 0.383 e. The average molecular weight is 219 g/mol. The van der Waals surface area contributed by atoms with Crippen LogP contribution in [-0.4, -0.2) is 10.4 Å². The van der Waals surface area contributed by atoms with Gasteiger partial charge in [-0.25, -0.2) is 4.98 Å². The molecule has 4 heteroatoms. The Bertz CT molecular complexity index is 287. The second-order valence-electron chi connectivity index (χ2n) is 3.02. The SMILES string of the molecule is CC(Cl)CCc1cc(Cl)cnc1N. The molecule has 0 saturated carbocycles. The minimum Gasteiger partial charge on any atom is -0.383 e. The molecule has 0 amide bonds. The number of nitrogens with zero attached hydrogens (tertiary/aromatic N) is 1. The van der Waals surface area contributed by atoms with Gasteiger partial charge in [-0.15, -0.1) is 11.6 Å². The Morgan fingerprint density at radius 1 is 1.62 bits per heavy atom. The minimum absolute atomic E-state index is 0.151. The highest BCUT2D eigenvalue weighted by Crippen LogP contribution is 2.17. The van der Waals surface area contributed by atoms with Crippen LogP contribution in [0.15, 0.2) is 12.3 Å². The molecular weight excluding hydrogens is 207 g/mol. The molecule has 0 spiro atoms. The van der Waals surface area contributed by atoms with E-state index >= 15 is 0 Å². The van der Waals surface area contributed by atoms with Gasteiger partial charge in [0.05, 0.1) is 5.02 Å². The number of pyridine rings is 1. The quantitative estimate of drug-likeness (QED) is 0.794. The van der Waals surface area contributed by atoms with Gasteiger partial charge in [-0.1, -0.05) is 11.6 Å². The zero-order chi connectivity index (χ0) is 9.84. The molecule has 0 aliphatic carbocycles. The van der Waals surface area contributed by atoms with Crippen LogP contribution in [0.3, 0.4) is 0 Å². The zero-order valence-electron chi connectivity index (χ0n) is 7.43. The Balaban J connectivity index is 2.70. The van der Waals surface area contributed by atoms with Gasteiger partial charge in [0.2, 0.25) is 0 Å². The normalized spacial score (nSPS) is 12.8. The fourth-order valence-corrected chi connectivity index (χ4v) is 1.34. The topological polar surface area (TPSA) is 38.9 Å². The maximum absolute atomic E-state index is 5.83. The Labute approximate surface area is 88.1 Å². The third kappa shape index (κ3) is 3.41. The number of nitrogen functional groups attached to an aromatic ring is 1. The molecule has 72 valence electrons. The molecular formula is C9H12Cl2N2. The van der Waals surface area contributed by atoms with Crippen LogP contribution in [0.1, 0.15) is 18.9 Å². The number of alkyl halides is 1. The molecule has 0 radical (unpaired) electrons. The summed E-state index contributed by atoms with van der Waals surface area (Å²) in [5.74, 6) is 0.543. The first kappa shape index (κ1) is 10.6. The van der Waals surface area contributed by atoms with Crippen molar-refractivity contribution < 1.29 is 0 Å². The molecule has 1 unspecified atom stereocenters. The van der Waals surface area contributed by atoms with Crippen molar-refractivity contribution in [3.8, 4) is 0 Å². The number of anilines is 1. The minimum atomic E-state index is 0.151. The van der Waals surface area contributed by atoms with Gasteiger partial charge in [0.15, 0.2) is 0 Å². The summed E-state index contributed by atoms with van der Waals surface area (Å²) in [4.78, 5) is 3.96. The van der Waals surface area contributed by atoms with Gasteiger partial charge in [0, 0.05) is 11.6 Å². The summed E-state index contributed by atoms with van der Waals surface area (Å²) < 4.78 is 0. The van der Waals surface area contributed by atoms with Crippen molar-refractivity contribution in [2.24, 2.45) is 0 Å². The zero-order valence-corrected chi connectivity index (χ0v) is 8.94. The predicted octanol–water partition coefficient (Wildman–Crippen LogP) is 2.88. The molecule has 13 heavy (non-hydrogen) atoms. The van der Waals surface area contributed by atoms with Crippen molar-refractivity contribution in [3.05, 3.63) is 22.8 Å². The number of hydrogen-bond donors (Lipinski definition) is 1. The summed E-state index contributed by atoms with van der Waals surface area (Å²) in [5.41, 5.74) is 6.64. The Morgan fingerprint density at radius 3 is 2.92 bits per heavy atom. The van der Waals surface area contributed by atoms with Crippen LogP contribution >= 0.6 is 23.2 Å². The molecule has 0 bridgehead atoms. The third-order valence-corrected chi connectivity index (χ3v) is 2.20. The molecule has 0 aromatic carbocycles. The van der Waals surface area contributed by atoms with Gasteiger partial charge in [-0.3, -0.25) is 0 Å².